The minimum absolute atomic E-state index is 0.343. The van der Waals surface area contributed by atoms with Gasteiger partial charge in [-0.05, 0) is 12.5 Å². The van der Waals surface area contributed by atoms with Crippen LogP contribution in [0, 0.1) is 123 Å². The predicted octanol–water partition coefficient (Wildman–Crippen LogP) is 11.5. The van der Waals surface area contributed by atoms with Crippen LogP contribution in [0.4, 0.5) is 93.5 Å². The summed E-state index contributed by atoms with van der Waals surface area (Å²) in [5.74, 6) is -61.6. The van der Waals surface area contributed by atoms with Crippen LogP contribution in [0.2, 0.25) is 0 Å². The molecule has 0 bridgehead atoms. The summed E-state index contributed by atoms with van der Waals surface area (Å²) >= 11 is 0. The number of halogens is 20. The molecule has 0 aliphatic rings. The number of rotatable bonds is 5. The molecule has 0 aliphatic heterocycles. The first-order valence-corrected chi connectivity index (χ1v) is 13.9. The van der Waals surface area contributed by atoms with Gasteiger partial charge in [0.05, 0.1) is 22.3 Å². The molecule has 54 heavy (non-hydrogen) atoms. The molecule has 286 valence electrons. The molecular formula is C33H9F20N. The van der Waals surface area contributed by atoms with Crippen molar-refractivity contribution in [2.75, 3.05) is 19.0 Å². The van der Waals surface area contributed by atoms with E-state index in [2.05, 4.69) is 0 Å². The highest BCUT2D eigenvalue weighted by Gasteiger charge is 2.42. The fourth-order valence-corrected chi connectivity index (χ4v) is 5.77. The van der Waals surface area contributed by atoms with Gasteiger partial charge in [0.25, 0.3) is 0 Å². The summed E-state index contributed by atoms with van der Waals surface area (Å²) in [5, 5.41) is 0. The lowest BCUT2D eigenvalue weighted by Gasteiger charge is -2.31. The van der Waals surface area contributed by atoms with E-state index in [0.717, 1.165) is 0 Å². The van der Waals surface area contributed by atoms with E-state index >= 15 is 35.1 Å². The van der Waals surface area contributed by atoms with Gasteiger partial charge >= 0.3 is 0 Å². The van der Waals surface area contributed by atoms with Crippen LogP contribution >= 0.6 is 0 Å². The van der Waals surface area contributed by atoms with Crippen LogP contribution in [0.5, 0.6) is 0 Å². The predicted molar refractivity (Wildman–Crippen MR) is 146 cm³/mol. The molecule has 5 aromatic carbocycles. The first kappa shape index (κ1) is 39.7. The number of benzene rings is 5. The monoisotopic (exact) mass is 799 g/mol. The zero-order valence-corrected chi connectivity index (χ0v) is 26.0. The maximum Gasteiger partial charge on any atom is 0.200 e. The molecule has 0 spiro atoms. The summed E-state index contributed by atoms with van der Waals surface area (Å²) in [6.07, 6.45) is 0. The Labute approximate surface area is 286 Å². The third kappa shape index (κ3) is 5.32. The van der Waals surface area contributed by atoms with Gasteiger partial charge in [-0.15, -0.1) is 0 Å². The summed E-state index contributed by atoms with van der Waals surface area (Å²) in [7, 11) is 1.31. The molecule has 0 aliphatic carbocycles. The van der Waals surface area contributed by atoms with E-state index in [-0.39, 0.29) is 0 Å². The molecule has 5 rings (SSSR count). The Hall–Kier alpha value is -5.50. The van der Waals surface area contributed by atoms with Crippen molar-refractivity contribution in [1.82, 2.24) is 0 Å². The lowest BCUT2D eigenvalue weighted by Crippen LogP contribution is -2.18. The van der Waals surface area contributed by atoms with Crippen molar-refractivity contribution in [1.29, 1.82) is 0 Å². The van der Waals surface area contributed by atoms with Crippen molar-refractivity contribution in [2.24, 2.45) is 0 Å². The second-order valence-corrected chi connectivity index (χ2v) is 11.1. The molecule has 0 atom stereocenters. The van der Waals surface area contributed by atoms with Gasteiger partial charge in [-0.2, -0.15) is 0 Å². The Balaban J connectivity index is 2.41. The van der Waals surface area contributed by atoms with Crippen LogP contribution in [-0.2, 0) is 0 Å². The number of hydrogen-bond acceptors (Lipinski definition) is 1. The van der Waals surface area contributed by atoms with E-state index in [9.17, 15) is 52.7 Å². The standard InChI is InChI=1S/C33H9F20N/c1-4-5(9-13(34)21(42)29(50)22(43)14(9)35)6(10-15(36)23(44)30(51)24(45)16(10)37)7(11-17(38)25(46)31(52)26(47)18(11)39)8(33(4)54(2)3)12-19(40)27(48)32(53)28(49)20(12)41/h1-3H3. The van der Waals surface area contributed by atoms with Gasteiger partial charge in [-0.1, -0.05) is 0 Å². The first-order valence-electron chi connectivity index (χ1n) is 13.9. The summed E-state index contributed by atoms with van der Waals surface area (Å²) < 4.78 is 300. The van der Waals surface area contributed by atoms with E-state index in [1.54, 1.807) is 0 Å². The molecule has 0 fully saturated rings. The van der Waals surface area contributed by atoms with Gasteiger partial charge < -0.3 is 4.90 Å². The van der Waals surface area contributed by atoms with Gasteiger partial charge in [-0.3, -0.25) is 0 Å². The molecule has 0 aromatic heterocycles. The summed E-state index contributed by atoms with van der Waals surface area (Å²) in [6.45, 7) is 0.343. The molecule has 0 amide bonds. The highest BCUT2D eigenvalue weighted by atomic mass is 19.2. The zero-order valence-electron chi connectivity index (χ0n) is 26.0. The SMILES string of the molecule is Cc1c(-c2c(F)c(F)c(F)c(F)c2F)c(-c2c(F)c(F)c(F)c(F)c2F)c(-c2c(F)c(F)c(F)c(F)c2F)c(-c2c(F)c(F)c(F)c(F)c2F)c1N(C)C. The Morgan fingerprint density at radius 2 is 0.389 bits per heavy atom. The summed E-state index contributed by atoms with van der Waals surface area (Å²) in [6, 6.07) is 0. The second kappa shape index (κ2) is 13.4. The average molecular weight is 799 g/mol. The van der Waals surface area contributed by atoms with Crippen LogP contribution < -0.4 is 4.90 Å². The summed E-state index contributed by atoms with van der Waals surface area (Å²) in [4.78, 5) is 0.343. The van der Waals surface area contributed by atoms with Gasteiger partial charge in [0, 0.05) is 42.0 Å². The van der Waals surface area contributed by atoms with Crippen LogP contribution in [0.3, 0.4) is 0 Å². The van der Waals surface area contributed by atoms with Gasteiger partial charge in [0.2, 0.25) is 23.3 Å². The van der Waals surface area contributed by atoms with Crippen molar-refractivity contribution < 1.29 is 87.8 Å². The van der Waals surface area contributed by atoms with Crippen molar-refractivity contribution in [3.63, 3.8) is 0 Å². The maximum atomic E-state index is 15.8. The first-order chi connectivity index (χ1) is 24.9. The van der Waals surface area contributed by atoms with Crippen molar-refractivity contribution >= 4 is 5.69 Å². The molecule has 5 aromatic rings. The quantitative estimate of drug-likeness (QED) is 0.0972. The smallest absolute Gasteiger partial charge is 0.200 e. The lowest BCUT2D eigenvalue weighted by atomic mass is 9.77. The van der Waals surface area contributed by atoms with Gasteiger partial charge in [-0.25, -0.2) is 87.8 Å². The number of hydrogen-bond donors (Lipinski definition) is 0. The van der Waals surface area contributed by atoms with E-state index in [4.69, 9.17) is 0 Å². The maximum absolute atomic E-state index is 15.8. The molecule has 0 radical (unpaired) electrons. The largest absolute Gasteiger partial charge is 0.377 e. The lowest BCUT2D eigenvalue weighted by molar-refractivity contribution is 0.379. The molecule has 21 heteroatoms. The molecule has 0 saturated heterocycles. The van der Waals surface area contributed by atoms with Crippen molar-refractivity contribution in [2.45, 2.75) is 6.92 Å². The third-order valence-corrected chi connectivity index (χ3v) is 8.00. The third-order valence-electron chi connectivity index (χ3n) is 8.00. The Kier molecular flexibility index (Phi) is 9.86. The normalized spacial score (nSPS) is 11.6. The highest BCUT2D eigenvalue weighted by molar-refractivity contribution is 6.09. The van der Waals surface area contributed by atoms with Gasteiger partial charge in [0.1, 0.15) is 0 Å². The fraction of sp³-hybridized carbons (Fsp3) is 0.0909. The van der Waals surface area contributed by atoms with Crippen LogP contribution in [0.25, 0.3) is 44.5 Å². The molecule has 1 nitrogen and oxygen atoms in total. The average Bonchev–Trinajstić information content (AvgIpc) is 3.13. The van der Waals surface area contributed by atoms with Crippen LogP contribution in [0.15, 0.2) is 0 Å². The van der Waals surface area contributed by atoms with Crippen molar-refractivity contribution in [3.05, 3.63) is 122 Å². The van der Waals surface area contributed by atoms with Crippen LogP contribution in [-0.4, -0.2) is 14.1 Å². The fourth-order valence-electron chi connectivity index (χ4n) is 5.77. The Morgan fingerprint density at radius 1 is 0.222 bits per heavy atom. The van der Waals surface area contributed by atoms with Crippen molar-refractivity contribution in [3.8, 4) is 44.5 Å². The Bertz CT molecular complexity index is 2370. The minimum atomic E-state index is -3.18. The second-order valence-electron chi connectivity index (χ2n) is 11.1. The zero-order chi connectivity index (χ0) is 40.9. The summed E-state index contributed by atoms with van der Waals surface area (Å²) in [5.41, 5.74) is -22.8. The topological polar surface area (TPSA) is 3.24 Å². The Morgan fingerprint density at radius 3 is 0.611 bits per heavy atom. The number of nitrogens with zero attached hydrogens (tertiary/aromatic N) is 1. The van der Waals surface area contributed by atoms with E-state index in [1.165, 1.54) is 0 Å². The molecule has 0 saturated carbocycles. The van der Waals surface area contributed by atoms with Crippen LogP contribution in [0.1, 0.15) is 5.56 Å². The van der Waals surface area contributed by atoms with E-state index in [1.807, 2.05) is 0 Å². The van der Waals surface area contributed by atoms with E-state index < -0.39 is 172 Å². The number of anilines is 1. The highest BCUT2D eigenvalue weighted by Crippen LogP contribution is 2.57. The van der Waals surface area contributed by atoms with Gasteiger partial charge in [0.15, 0.2) is 93.1 Å². The van der Waals surface area contributed by atoms with E-state index in [0.29, 0.717) is 25.9 Å². The molecule has 0 unspecified atom stereocenters. The molecular weight excluding hydrogens is 790 g/mol. The molecule has 0 heterocycles. The molecule has 0 N–H and O–H groups in total. The minimum Gasteiger partial charge on any atom is -0.377 e.